The Hall–Kier alpha value is -1.45. The second-order valence-electron chi connectivity index (χ2n) is 4.23. The molecule has 4 heteroatoms. The molecule has 18 heavy (non-hydrogen) atoms. The van der Waals surface area contributed by atoms with E-state index in [-0.39, 0.29) is 12.1 Å². The monoisotopic (exact) mass is 265 g/mol. The molecule has 2 unspecified atom stereocenters. The van der Waals surface area contributed by atoms with Crippen LogP contribution in [-0.4, -0.2) is 12.1 Å². The molecule has 0 saturated carbocycles. The van der Waals surface area contributed by atoms with Crippen LogP contribution in [0.2, 0.25) is 5.02 Å². The Morgan fingerprint density at radius 3 is 2.83 bits per heavy atom. The zero-order valence-corrected chi connectivity index (χ0v) is 10.9. The number of rotatable bonds is 5. The van der Waals surface area contributed by atoms with Gasteiger partial charge in [-0.1, -0.05) is 17.7 Å². The lowest BCUT2D eigenvalue weighted by Gasteiger charge is -2.20. The highest BCUT2D eigenvalue weighted by atomic mass is 35.5. The molecule has 0 amide bonds. The fourth-order valence-corrected chi connectivity index (χ4v) is 1.85. The molecular weight excluding hydrogens is 250 g/mol. The molecule has 2 N–H and O–H groups in total. The highest BCUT2D eigenvalue weighted by Gasteiger charge is 2.16. The first kappa shape index (κ1) is 13.0. The topological polar surface area (TPSA) is 48.4 Å². The summed E-state index contributed by atoms with van der Waals surface area (Å²) in [6.45, 7) is 1.94. The van der Waals surface area contributed by atoms with Crippen LogP contribution in [0.25, 0.3) is 0 Å². The normalized spacial score (nSPS) is 14.2. The van der Waals surface area contributed by atoms with E-state index in [0.717, 1.165) is 11.5 Å². The van der Waals surface area contributed by atoms with Gasteiger partial charge in [-0.25, -0.2) is 0 Å². The van der Waals surface area contributed by atoms with Crippen LogP contribution >= 0.6 is 11.6 Å². The molecule has 0 saturated heterocycles. The van der Waals surface area contributed by atoms with E-state index in [9.17, 15) is 0 Å². The number of hydrogen-bond acceptors (Lipinski definition) is 3. The molecule has 0 fully saturated rings. The minimum Gasteiger partial charge on any atom is -0.489 e. The standard InChI is InChI=1S/C14H16ClNO2/c1-10(14(16)9-12-6-3-7-17-12)18-13-5-2-4-11(15)8-13/h2-8,10,14H,9,16H2,1H3. The zero-order valence-electron chi connectivity index (χ0n) is 10.2. The average Bonchev–Trinajstić information content (AvgIpc) is 2.81. The Kier molecular flexibility index (Phi) is 4.28. The van der Waals surface area contributed by atoms with Crippen molar-refractivity contribution in [2.75, 3.05) is 0 Å². The maximum Gasteiger partial charge on any atom is 0.121 e. The molecule has 96 valence electrons. The molecule has 2 aromatic rings. The molecule has 3 nitrogen and oxygen atoms in total. The first-order chi connectivity index (χ1) is 8.65. The third-order valence-electron chi connectivity index (χ3n) is 2.74. The van der Waals surface area contributed by atoms with E-state index < -0.39 is 0 Å². The first-order valence-electron chi connectivity index (χ1n) is 5.85. The lowest BCUT2D eigenvalue weighted by atomic mass is 10.1. The van der Waals surface area contributed by atoms with E-state index in [0.29, 0.717) is 11.4 Å². The Bertz CT molecular complexity index is 484. The van der Waals surface area contributed by atoms with E-state index in [1.807, 2.05) is 37.3 Å². The number of hydrogen-bond donors (Lipinski definition) is 1. The molecule has 2 atom stereocenters. The smallest absolute Gasteiger partial charge is 0.121 e. The highest BCUT2D eigenvalue weighted by Crippen LogP contribution is 2.19. The van der Waals surface area contributed by atoms with Crippen LogP contribution in [0.1, 0.15) is 12.7 Å². The molecule has 0 aliphatic heterocycles. The van der Waals surface area contributed by atoms with Gasteiger partial charge in [0.15, 0.2) is 0 Å². The van der Waals surface area contributed by atoms with Crippen LogP contribution in [0, 0.1) is 0 Å². The van der Waals surface area contributed by atoms with Crippen LogP contribution in [0.4, 0.5) is 0 Å². The molecule has 1 aromatic carbocycles. The fourth-order valence-electron chi connectivity index (χ4n) is 1.67. The molecule has 0 bridgehead atoms. The largest absolute Gasteiger partial charge is 0.489 e. The maximum absolute atomic E-state index is 6.08. The number of benzene rings is 1. The Balaban J connectivity index is 1.93. The van der Waals surface area contributed by atoms with Crippen molar-refractivity contribution in [2.45, 2.75) is 25.5 Å². The van der Waals surface area contributed by atoms with E-state index in [1.54, 1.807) is 12.3 Å². The summed E-state index contributed by atoms with van der Waals surface area (Å²) in [5, 5.41) is 0.652. The van der Waals surface area contributed by atoms with Gasteiger partial charge in [0.2, 0.25) is 0 Å². The van der Waals surface area contributed by atoms with E-state index in [4.69, 9.17) is 26.5 Å². The Labute approximate surface area is 111 Å². The summed E-state index contributed by atoms with van der Waals surface area (Å²) in [6.07, 6.45) is 2.17. The third-order valence-corrected chi connectivity index (χ3v) is 2.97. The van der Waals surface area contributed by atoms with Crippen molar-refractivity contribution in [2.24, 2.45) is 5.73 Å². The van der Waals surface area contributed by atoms with E-state index in [2.05, 4.69) is 0 Å². The van der Waals surface area contributed by atoms with Gasteiger partial charge in [-0.3, -0.25) is 0 Å². The number of nitrogens with two attached hydrogens (primary N) is 1. The number of furan rings is 1. The molecule has 0 spiro atoms. The van der Waals surface area contributed by atoms with Crippen LogP contribution in [0.5, 0.6) is 5.75 Å². The van der Waals surface area contributed by atoms with Gasteiger partial charge in [-0.15, -0.1) is 0 Å². The zero-order chi connectivity index (χ0) is 13.0. The predicted octanol–water partition coefficient (Wildman–Crippen LogP) is 3.27. The van der Waals surface area contributed by atoms with E-state index >= 15 is 0 Å². The van der Waals surface area contributed by atoms with Gasteiger partial charge in [-0.2, -0.15) is 0 Å². The van der Waals surface area contributed by atoms with Crippen LogP contribution < -0.4 is 10.5 Å². The van der Waals surface area contributed by atoms with Gasteiger partial charge < -0.3 is 14.9 Å². The summed E-state index contributed by atoms with van der Waals surface area (Å²) in [7, 11) is 0. The minimum atomic E-state index is -0.130. The SMILES string of the molecule is CC(Oc1cccc(Cl)c1)C(N)Cc1ccco1. The van der Waals surface area contributed by atoms with Crippen LogP contribution in [0.15, 0.2) is 47.1 Å². The van der Waals surface area contributed by atoms with Crippen molar-refractivity contribution in [1.29, 1.82) is 0 Å². The lowest BCUT2D eigenvalue weighted by molar-refractivity contribution is 0.185. The van der Waals surface area contributed by atoms with Crippen LogP contribution in [-0.2, 0) is 6.42 Å². The Morgan fingerprint density at radius 1 is 1.33 bits per heavy atom. The van der Waals surface area contributed by atoms with Crippen molar-refractivity contribution in [3.05, 3.63) is 53.4 Å². The number of halogens is 1. The van der Waals surface area contributed by atoms with Gasteiger partial charge in [0, 0.05) is 17.5 Å². The lowest BCUT2D eigenvalue weighted by Crippen LogP contribution is -2.38. The average molecular weight is 266 g/mol. The minimum absolute atomic E-state index is 0.117. The van der Waals surface area contributed by atoms with Crippen molar-refractivity contribution in [1.82, 2.24) is 0 Å². The Morgan fingerprint density at radius 2 is 2.17 bits per heavy atom. The molecule has 0 aliphatic carbocycles. The third kappa shape index (κ3) is 3.52. The van der Waals surface area contributed by atoms with Crippen LogP contribution in [0.3, 0.4) is 0 Å². The predicted molar refractivity (Wildman–Crippen MR) is 71.9 cm³/mol. The summed E-state index contributed by atoms with van der Waals surface area (Å²) in [5.74, 6) is 1.59. The molecule has 2 rings (SSSR count). The summed E-state index contributed by atoms with van der Waals surface area (Å²) in [4.78, 5) is 0. The number of ether oxygens (including phenoxy) is 1. The summed E-state index contributed by atoms with van der Waals surface area (Å²) >= 11 is 5.90. The molecule has 1 heterocycles. The molecule has 0 radical (unpaired) electrons. The molecule has 1 aromatic heterocycles. The van der Waals surface area contributed by atoms with Crippen molar-refractivity contribution >= 4 is 11.6 Å². The van der Waals surface area contributed by atoms with Gasteiger partial charge in [-0.05, 0) is 37.3 Å². The highest BCUT2D eigenvalue weighted by molar-refractivity contribution is 6.30. The summed E-state index contributed by atoms with van der Waals surface area (Å²) in [6, 6.07) is 10.9. The quantitative estimate of drug-likeness (QED) is 0.903. The maximum atomic E-state index is 6.08. The molecular formula is C14H16ClNO2. The van der Waals surface area contributed by atoms with Gasteiger partial charge in [0.25, 0.3) is 0 Å². The van der Waals surface area contributed by atoms with Gasteiger partial charge >= 0.3 is 0 Å². The molecule has 0 aliphatic rings. The second kappa shape index (κ2) is 5.94. The van der Waals surface area contributed by atoms with Crippen molar-refractivity contribution < 1.29 is 9.15 Å². The fraction of sp³-hybridized carbons (Fsp3) is 0.286. The van der Waals surface area contributed by atoms with E-state index in [1.165, 1.54) is 0 Å². The summed E-state index contributed by atoms with van der Waals surface area (Å²) < 4.78 is 11.0. The van der Waals surface area contributed by atoms with Gasteiger partial charge in [0.05, 0.1) is 6.26 Å². The summed E-state index contributed by atoms with van der Waals surface area (Å²) in [5.41, 5.74) is 6.08. The first-order valence-corrected chi connectivity index (χ1v) is 6.23. The second-order valence-corrected chi connectivity index (χ2v) is 4.66. The van der Waals surface area contributed by atoms with Gasteiger partial charge in [0.1, 0.15) is 17.6 Å². The van der Waals surface area contributed by atoms with Crippen molar-refractivity contribution in [3.63, 3.8) is 0 Å². The van der Waals surface area contributed by atoms with Crippen molar-refractivity contribution in [3.8, 4) is 5.75 Å².